The fraction of sp³-hybridized carbons (Fsp3) is 0.130. The summed E-state index contributed by atoms with van der Waals surface area (Å²) in [7, 11) is 1.96. The maximum atomic E-state index is 12.6. The smallest absolute Gasteiger partial charge is 0.224 e. The van der Waals surface area contributed by atoms with Crippen LogP contribution in [0.4, 0.5) is 0 Å². The zero-order valence-corrected chi connectivity index (χ0v) is 15.5. The molecule has 1 N–H and O–H groups in total. The summed E-state index contributed by atoms with van der Waals surface area (Å²) in [5, 5.41) is 6.24. The molecule has 3 aromatic carbocycles. The second-order valence-corrected chi connectivity index (χ2v) is 6.95. The lowest BCUT2D eigenvalue weighted by molar-refractivity contribution is -0.120. The SMILES string of the molecule is Cn1c(CNC(=O)Cc2coc3ccc4ccccc4c23)nc2ccccc21. The van der Waals surface area contributed by atoms with E-state index in [1.807, 2.05) is 60.1 Å². The van der Waals surface area contributed by atoms with Crippen LogP contribution in [0.15, 0.2) is 71.3 Å². The van der Waals surface area contributed by atoms with Gasteiger partial charge in [-0.1, -0.05) is 42.5 Å². The molecule has 5 aromatic rings. The molecule has 0 bridgehead atoms. The average Bonchev–Trinajstić information content (AvgIpc) is 3.28. The minimum atomic E-state index is -0.0531. The molecule has 0 radical (unpaired) electrons. The van der Waals surface area contributed by atoms with Crippen LogP contribution in [0.5, 0.6) is 0 Å². The lowest BCUT2D eigenvalue weighted by Crippen LogP contribution is -2.25. The molecule has 5 nitrogen and oxygen atoms in total. The molecule has 28 heavy (non-hydrogen) atoms. The first kappa shape index (κ1) is 16.6. The second-order valence-electron chi connectivity index (χ2n) is 6.95. The van der Waals surface area contributed by atoms with Crippen LogP contribution in [0.25, 0.3) is 32.8 Å². The molecule has 0 atom stereocenters. The highest BCUT2D eigenvalue weighted by Gasteiger charge is 2.14. The number of para-hydroxylation sites is 2. The Balaban J connectivity index is 1.38. The molecular formula is C23H19N3O2. The highest BCUT2D eigenvalue weighted by atomic mass is 16.3. The predicted octanol–water partition coefficient (Wildman–Crippen LogP) is 4.33. The third-order valence-electron chi connectivity index (χ3n) is 5.21. The highest BCUT2D eigenvalue weighted by Crippen LogP contribution is 2.30. The van der Waals surface area contributed by atoms with Crippen LogP contribution in [0.1, 0.15) is 11.4 Å². The van der Waals surface area contributed by atoms with Crippen molar-refractivity contribution in [2.45, 2.75) is 13.0 Å². The van der Waals surface area contributed by atoms with Gasteiger partial charge < -0.3 is 14.3 Å². The molecule has 0 aliphatic rings. The van der Waals surface area contributed by atoms with Crippen LogP contribution in [0, 0.1) is 0 Å². The Morgan fingerprint density at radius 1 is 1.07 bits per heavy atom. The fourth-order valence-corrected chi connectivity index (χ4v) is 3.77. The zero-order valence-electron chi connectivity index (χ0n) is 15.5. The number of fused-ring (bicyclic) bond motifs is 4. The Morgan fingerprint density at radius 3 is 2.79 bits per heavy atom. The van der Waals surface area contributed by atoms with E-state index in [1.54, 1.807) is 6.26 Å². The Hall–Kier alpha value is -3.60. The third kappa shape index (κ3) is 2.72. The quantitative estimate of drug-likeness (QED) is 0.513. The van der Waals surface area contributed by atoms with Crippen LogP contribution in [0.2, 0.25) is 0 Å². The number of benzene rings is 3. The van der Waals surface area contributed by atoms with Crippen molar-refractivity contribution >= 4 is 38.7 Å². The van der Waals surface area contributed by atoms with E-state index in [4.69, 9.17) is 4.42 Å². The summed E-state index contributed by atoms with van der Waals surface area (Å²) in [5.74, 6) is 0.778. The van der Waals surface area contributed by atoms with Crippen LogP contribution in [-0.2, 0) is 24.8 Å². The number of aryl methyl sites for hydroxylation is 1. The summed E-state index contributed by atoms with van der Waals surface area (Å²) >= 11 is 0. The second kappa shape index (κ2) is 6.53. The summed E-state index contributed by atoms with van der Waals surface area (Å²) in [6.45, 7) is 0.389. The predicted molar refractivity (Wildman–Crippen MR) is 110 cm³/mol. The van der Waals surface area contributed by atoms with Gasteiger partial charge in [-0.2, -0.15) is 0 Å². The molecule has 0 spiro atoms. The largest absolute Gasteiger partial charge is 0.464 e. The molecule has 2 heterocycles. The molecule has 0 aliphatic carbocycles. The summed E-state index contributed by atoms with van der Waals surface area (Å²) in [5.41, 5.74) is 3.69. The number of aromatic nitrogens is 2. The van der Waals surface area contributed by atoms with Crippen molar-refractivity contribution in [1.82, 2.24) is 14.9 Å². The fourth-order valence-electron chi connectivity index (χ4n) is 3.77. The lowest BCUT2D eigenvalue weighted by atomic mass is 10.0. The van der Waals surface area contributed by atoms with Crippen LogP contribution >= 0.6 is 0 Å². The normalized spacial score (nSPS) is 11.5. The number of rotatable bonds is 4. The highest BCUT2D eigenvalue weighted by molar-refractivity contribution is 6.08. The number of nitrogens with one attached hydrogen (secondary N) is 1. The van der Waals surface area contributed by atoms with E-state index in [2.05, 4.69) is 22.4 Å². The van der Waals surface area contributed by atoms with Crippen molar-refractivity contribution in [2.75, 3.05) is 0 Å². The van der Waals surface area contributed by atoms with Gasteiger partial charge in [0.15, 0.2) is 0 Å². The van der Waals surface area contributed by atoms with Crippen molar-refractivity contribution in [2.24, 2.45) is 7.05 Å². The number of amides is 1. The number of hydrogen-bond acceptors (Lipinski definition) is 3. The van der Waals surface area contributed by atoms with Gasteiger partial charge in [-0.05, 0) is 29.0 Å². The summed E-state index contributed by atoms with van der Waals surface area (Å²) in [4.78, 5) is 17.2. The maximum absolute atomic E-state index is 12.6. The van der Waals surface area contributed by atoms with Crippen molar-refractivity contribution in [3.8, 4) is 0 Å². The van der Waals surface area contributed by atoms with Crippen molar-refractivity contribution in [3.63, 3.8) is 0 Å². The van der Waals surface area contributed by atoms with E-state index in [0.29, 0.717) is 6.54 Å². The molecule has 5 heteroatoms. The summed E-state index contributed by atoms with van der Waals surface area (Å²) in [6.07, 6.45) is 1.96. The first-order valence-corrected chi connectivity index (χ1v) is 9.25. The van der Waals surface area contributed by atoms with Gasteiger partial charge in [0.1, 0.15) is 11.4 Å². The number of imidazole rings is 1. The Morgan fingerprint density at radius 2 is 1.89 bits per heavy atom. The van der Waals surface area contributed by atoms with Crippen LogP contribution in [-0.4, -0.2) is 15.5 Å². The number of carbonyl (C=O) groups excluding carboxylic acids is 1. The Bertz CT molecular complexity index is 1330. The number of hydrogen-bond donors (Lipinski definition) is 1. The number of carbonyl (C=O) groups is 1. The molecule has 0 saturated heterocycles. The van der Waals surface area contributed by atoms with Gasteiger partial charge in [-0.3, -0.25) is 4.79 Å². The van der Waals surface area contributed by atoms with Crippen molar-refractivity contribution < 1.29 is 9.21 Å². The van der Waals surface area contributed by atoms with Gasteiger partial charge in [-0.15, -0.1) is 0 Å². The first-order valence-electron chi connectivity index (χ1n) is 9.25. The topological polar surface area (TPSA) is 60.1 Å². The third-order valence-corrected chi connectivity index (χ3v) is 5.21. The summed E-state index contributed by atoms with van der Waals surface area (Å²) in [6, 6.07) is 20.1. The van der Waals surface area contributed by atoms with Gasteiger partial charge >= 0.3 is 0 Å². The molecule has 5 rings (SSSR count). The number of nitrogens with zero attached hydrogens (tertiary/aromatic N) is 2. The Labute approximate surface area is 161 Å². The molecule has 1 amide bonds. The first-order chi connectivity index (χ1) is 13.7. The van der Waals surface area contributed by atoms with Crippen molar-refractivity contribution in [1.29, 1.82) is 0 Å². The van der Waals surface area contributed by atoms with Crippen LogP contribution in [0.3, 0.4) is 0 Å². The standard InChI is InChI=1S/C23H19N3O2/c1-26-19-9-5-4-8-18(19)25-21(26)13-24-22(27)12-16-14-28-20-11-10-15-6-2-3-7-17(15)23(16)20/h2-11,14H,12-13H2,1H3,(H,24,27). The van der Waals surface area contributed by atoms with Crippen molar-refractivity contribution in [3.05, 3.63) is 78.3 Å². The van der Waals surface area contributed by atoms with E-state index in [1.165, 1.54) is 0 Å². The molecule has 0 saturated carbocycles. The molecule has 2 aromatic heterocycles. The van der Waals surface area contributed by atoms with E-state index in [9.17, 15) is 4.79 Å². The molecule has 138 valence electrons. The minimum Gasteiger partial charge on any atom is -0.464 e. The van der Waals surface area contributed by atoms with E-state index in [-0.39, 0.29) is 12.3 Å². The monoisotopic (exact) mass is 369 g/mol. The van der Waals surface area contributed by atoms with E-state index < -0.39 is 0 Å². The maximum Gasteiger partial charge on any atom is 0.224 e. The van der Waals surface area contributed by atoms with Gasteiger partial charge in [0.05, 0.1) is 30.3 Å². The van der Waals surface area contributed by atoms with E-state index >= 15 is 0 Å². The van der Waals surface area contributed by atoms with E-state index in [0.717, 1.165) is 44.2 Å². The molecule has 0 unspecified atom stereocenters. The van der Waals surface area contributed by atoms with Gasteiger partial charge in [0.2, 0.25) is 5.91 Å². The van der Waals surface area contributed by atoms with Gasteiger partial charge in [0, 0.05) is 18.0 Å². The zero-order chi connectivity index (χ0) is 19.1. The number of furan rings is 1. The van der Waals surface area contributed by atoms with Gasteiger partial charge in [-0.25, -0.2) is 4.98 Å². The Kier molecular flexibility index (Phi) is 3.86. The molecular weight excluding hydrogens is 350 g/mol. The average molecular weight is 369 g/mol. The molecule has 0 aliphatic heterocycles. The van der Waals surface area contributed by atoms with Crippen LogP contribution < -0.4 is 5.32 Å². The molecule has 0 fully saturated rings. The summed E-state index contributed by atoms with van der Waals surface area (Å²) < 4.78 is 7.69. The minimum absolute atomic E-state index is 0.0531. The lowest BCUT2D eigenvalue weighted by Gasteiger charge is -2.06. The van der Waals surface area contributed by atoms with Gasteiger partial charge in [0.25, 0.3) is 0 Å².